The normalized spacial score (nSPS) is 15.8. The monoisotopic (exact) mass is 420 g/mol. The van der Waals surface area contributed by atoms with Gasteiger partial charge in [-0.15, -0.1) is 0 Å². The summed E-state index contributed by atoms with van der Waals surface area (Å²) in [5, 5.41) is 11.4. The van der Waals surface area contributed by atoms with Gasteiger partial charge in [0.2, 0.25) is 11.8 Å². The third-order valence-corrected chi connectivity index (χ3v) is 5.20. The van der Waals surface area contributed by atoms with E-state index in [1.807, 2.05) is 60.7 Å². The van der Waals surface area contributed by atoms with Crippen molar-refractivity contribution in [3.05, 3.63) is 71.3 Å². The lowest BCUT2D eigenvalue weighted by atomic mass is 9.93. The molecule has 0 spiro atoms. The highest BCUT2D eigenvalue weighted by Crippen LogP contribution is 2.24. The summed E-state index contributed by atoms with van der Waals surface area (Å²) < 4.78 is 5.45. The lowest BCUT2D eigenvalue weighted by Gasteiger charge is -2.35. The molecule has 8 heteroatoms. The van der Waals surface area contributed by atoms with E-state index in [0.717, 1.165) is 16.7 Å². The summed E-state index contributed by atoms with van der Waals surface area (Å²) in [4.78, 5) is 39.0. The summed E-state index contributed by atoms with van der Waals surface area (Å²) in [5.41, 5.74) is 8.08. The van der Waals surface area contributed by atoms with Crippen molar-refractivity contribution in [1.82, 2.24) is 10.2 Å². The van der Waals surface area contributed by atoms with Crippen LogP contribution >= 0.6 is 0 Å². The van der Waals surface area contributed by atoms with Gasteiger partial charge in [0.15, 0.2) is 0 Å². The van der Waals surface area contributed by atoms with Crippen molar-refractivity contribution in [2.24, 2.45) is 5.73 Å². The van der Waals surface area contributed by atoms with Gasteiger partial charge < -0.3 is 15.8 Å². The van der Waals surface area contributed by atoms with Crippen molar-refractivity contribution in [2.45, 2.75) is 44.5 Å². The van der Waals surface area contributed by atoms with Crippen molar-refractivity contribution >= 4 is 17.9 Å². The number of nitrogens with two attached hydrogens (primary N) is 1. The number of ether oxygens (including phenoxy) is 1. The topological polar surface area (TPSA) is 126 Å². The van der Waals surface area contributed by atoms with Crippen molar-refractivity contribution in [2.75, 3.05) is 0 Å². The maximum atomic E-state index is 13.0. The first kappa shape index (κ1) is 21.8. The molecule has 2 atom stereocenters. The van der Waals surface area contributed by atoms with Crippen molar-refractivity contribution in [3.63, 3.8) is 0 Å². The molecular formula is C23H24N4O4. The Bertz CT molecular complexity index is 987. The summed E-state index contributed by atoms with van der Waals surface area (Å²) in [6, 6.07) is 16.9. The number of carbonyl (C=O) groups is 3. The third kappa shape index (κ3) is 5.60. The maximum Gasteiger partial charge on any atom is 0.411 e. The van der Waals surface area contributed by atoms with Gasteiger partial charge in [-0.1, -0.05) is 54.6 Å². The summed E-state index contributed by atoms with van der Waals surface area (Å²) in [6.07, 6.45) is -0.151. The average molecular weight is 420 g/mol. The summed E-state index contributed by atoms with van der Waals surface area (Å²) in [5.74, 6) is -1.23. The van der Waals surface area contributed by atoms with E-state index in [0.29, 0.717) is 0 Å². The quantitative estimate of drug-likeness (QED) is 0.709. The van der Waals surface area contributed by atoms with E-state index in [9.17, 15) is 14.4 Å². The smallest absolute Gasteiger partial charge is 0.411 e. The third-order valence-electron chi connectivity index (χ3n) is 5.20. The average Bonchev–Trinajstić information content (AvgIpc) is 2.79. The Morgan fingerprint density at radius 2 is 1.81 bits per heavy atom. The summed E-state index contributed by atoms with van der Waals surface area (Å²) >= 11 is 0. The van der Waals surface area contributed by atoms with Crippen molar-refractivity contribution < 1.29 is 19.1 Å². The van der Waals surface area contributed by atoms with Crippen LogP contribution in [0.5, 0.6) is 0 Å². The molecule has 2 aromatic carbocycles. The van der Waals surface area contributed by atoms with Crippen LogP contribution in [-0.2, 0) is 33.9 Å². The van der Waals surface area contributed by atoms with Gasteiger partial charge in [0.25, 0.3) is 0 Å². The van der Waals surface area contributed by atoms with Gasteiger partial charge in [-0.2, -0.15) is 5.26 Å². The molecule has 0 unspecified atom stereocenters. The minimum absolute atomic E-state index is 0.0736. The Kier molecular flexibility index (Phi) is 7.22. The van der Waals surface area contributed by atoms with E-state index in [-0.39, 0.29) is 32.4 Å². The second-order valence-electron chi connectivity index (χ2n) is 7.32. The number of nitriles is 1. The van der Waals surface area contributed by atoms with Crippen LogP contribution in [-0.4, -0.2) is 34.9 Å². The van der Waals surface area contributed by atoms with Crippen LogP contribution in [0.1, 0.15) is 29.5 Å². The zero-order valence-electron chi connectivity index (χ0n) is 17.0. The maximum absolute atomic E-state index is 13.0. The highest BCUT2D eigenvalue weighted by Gasteiger charge is 2.36. The molecule has 0 saturated carbocycles. The SMILES string of the molecule is N#CCC[C@H](NC(=O)[C@@H]1Cc2ccccc2CN1C(=O)OCc1ccccc1)C(N)=O. The van der Waals surface area contributed by atoms with Crippen LogP contribution in [0.4, 0.5) is 4.79 Å². The Labute approximate surface area is 180 Å². The lowest BCUT2D eigenvalue weighted by Crippen LogP contribution is -2.56. The zero-order chi connectivity index (χ0) is 22.2. The molecule has 1 aliphatic rings. The summed E-state index contributed by atoms with van der Waals surface area (Å²) in [6.45, 7) is 0.291. The second-order valence-corrected chi connectivity index (χ2v) is 7.32. The van der Waals surface area contributed by atoms with Gasteiger partial charge in [0, 0.05) is 12.8 Å². The highest BCUT2D eigenvalue weighted by atomic mass is 16.6. The van der Waals surface area contributed by atoms with Crippen LogP contribution in [0, 0.1) is 11.3 Å². The number of hydrogen-bond acceptors (Lipinski definition) is 5. The molecule has 1 aliphatic heterocycles. The van der Waals surface area contributed by atoms with Gasteiger partial charge >= 0.3 is 6.09 Å². The number of benzene rings is 2. The van der Waals surface area contributed by atoms with E-state index in [1.165, 1.54) is 4.90 Å². The number of hydrogen-bond donors (Lipinski definition) is 2. The van der Waals surface area contributed by atoms with Crippen LogP contribution in [0.2, 0.25) is 0 Å². The molecule has 31 heavy (non-hydrogen) atoms. The van der Waals surface area contributed by atoms with Gasteiger partial charge in [-0.25, -0.2) is 4.79 Å². The largest absolute Gasteiger partial charge is 0.445 e. The Morgan fingerprint density at radius 3 is 2.48 bits per heavy atom. The number of fused-ring (bicyclic) bond motifs is 1. The first-order valence-electron chi connectivity index (χ1n) is 10.0. The molecule has 3 amide bonds. The molecule has 0 saturated heterocycles. The number of primary amides is 1. The Hall–Kier alpha value is -3.86. The van der Waals surface area contributed by atoms with Crippen LogP contribution in [0.25, 0.3) is 0 Å². The fourth-order valence-electron chi connectivity index (χ4n) is 3.51. The van der Waals surface area contributed by atoms with Crippen molar-refractivity contribution in [1.29, 1.82) is 5.26 Å². The minimum atomic E-state index is -0.980. The van der Waals surface area contributed by atoms with Crippen LogP contribution in [0.15, 0.2) is 54.6 Å². The Morgan fingerprint density at radius 1 is 1.13 bits per heavy atom. The Balaban J connectivity index is 1.77. The van der Waals surface area contributed by atoms with Crippen LogP contribution in [0.3, 0.4) is 0 Å². The minimum Gasteiger partial charge on any atom is -0.445 e. The van der Waals surface area contributed by atoms with Gasteiger partial charge in [-0.3, -0.25) is 14.5 Å². The molecule has 0 bridgehead atoms. The predicted molar refractivity (Wildman–Crippen MR) is 112 cm³/mol. The van der Waals surface area contributed by atoms with E-state index >= 15 is 0 Å². The van der Waals surface area contributed by atoms with E-state index in [4.69, 9.17) is 15.7 Å². The van der Waals surface area contributed by atoms with Crippen LogP contribution < -0.4 is 11.1 Å². The lowest BCUT2D eigenvalue weighted by molar-refractivity contribution is -0.131. The van der Waals surface area contributed by atoms with Crippen molar-refractivity contribution in [3.8, 4) is 6.07 Å². The highest BCUT2D eigenvalue weighted by molar-refractivity contribution is 5.91. The van der Waals surface area contributed by atoms with E-state index in [2.05, 4.69) is 5.32 Å². The van der Waals surface area contributed by atoms with E-state index in [1.54, 1.807) is 0 Å². The summed E-state index contributed by atoms with van der Waals surface area (Å²) in [7, 11) is 0. The molecule has 160 valence electrons. The number of amides is 3. The molecule has 0 radical (unpaired) electrons. The molecule has 1 heterocycles. The molecule has 0 aliphatic carbocycles. The number of nitrogens with zero attached hydrogens (tertiary/aromatic N) is 2. The molecule has 3 N–H and O–H groups in total. The first-order valence-corrected chi connectivity index (χ1v) is 10.0. The first-order chi connectivity index (χ1) is 15.0. The standard InChI is InChI=1S/C23H24N4O4/c24-12-6-11-19(21(25)28)26-22(29)20-13-17-9-4-5-10-18(17)14-27(20)23(30)31-15-16-7-2-1-3-8-16/h1-5,7-10,19-20H,6,11,13-15H2,(H2,25,28)(H,26,29)/t19-,20-/m0/s1. The fourth-order valence-corrected chi connectivity index (χ4v) is 3.51. The van der Waals surface area contributed by atoms with Gasteiger partial charge in [0.05, 0.1) is 12.6 Å². The number of nitrogens with one attached hydrogen (secondary N) is 1. The molecular weight excluding hydrogens is 396 g/mol. The zero-order valence-corrected chi connectivity index (χ0v) is 17.0. The number of carbonyl (C=O) groups excluding carboxylic acids is 3. The van der Waals surface area contributed by atoms with E-state index < -0.39 is 30.0 Å². The molecule has 0 fully saturated rings. The fraction of sp³-hybridized carbons (Fsp3) is 0.304. The second kappa shape index (κ2) is 10.3. The molecule has 8 nitrogen and oxygen atoms in total. The van der Waals surface area contributed by atoms with Gasteiger partial charge in [0.1, 0.15) is 18.7 Å². The molecule has 2 aromatic rings. The number of rotatable bonds is 7. The molecule has 3 rings (SSSR count). The van der Waals surface area contributed by atoms with Gasteiger partial charge in [-0.05, 0) is 23.1 Å². The predicted octanol–water partition coefficient (Wildman–Crippen LogP) is 2.02. The molecule has 0 aromatic heterocycles.